The first-order valence-electron chi connectivity index (χ1n) is 9.37. The maximum Gasteiger partial charge on any atom is 0.329 e. The summed E-state index contributed by atoms with van der Waals surface area (Å²) in [7, 11) is 0. The number of carbonyl (C=O) groups is 3. The van der Waals surface area contributed by atoms with Crippen LogP contribution in [0.2, 0.25) is 10.0 Å². The second-order valence-corrected chi connectivity index (χ2v) is 7.84. The molecule has 0 aromatic heterocycles. The van der Waals surface area contributed by atoms with E-state index in [1.807, 2.05) is 0 Å². The van der Waals surface area contributed by atoms with E-state index >= 15 is 0 Å². The Balaban J connectivity index is 1.59. The third kappa shape index (κ3) is 5.94. The highest BCUT2D eigenvalue weighted by atomic mass is 35.5. The number of aliphatic hydroxyl groups is 1. The lowest BCUT2D eigenvalue weighted by molar-refractivity contribution is -0.155. The number of rotatable bonds is 6. The van der Waals surface area contributed by atoms with Crippen molar-refractivity contribution in [1.82, 2.24) is 4.90 Å². The van der Waals surface area contributed by atoms with Gasteiger partial charge in [-0.3, -0.25) is 9.59 Å². The molecular formula is C21H19Cl2FN2O5. The average molecular weight is 469 g/mol. The summed E-state index contributed by atoms with van der Waals surface area (Å²) in [5, 5.41) is 13.0. The summed E-state index contributed by atoms with van der Waals surface area (Å²) < 4.78 is 18.9. The van der Waals surface area contributed by atoms with Crippen molar-refractivity contribution in [2.45, 2.75) is 25.0 Å². The van der Waals surface area contributed by atoms with E-state index in [1.54, 1.807) is 12.1 Å². The molecule has 2 N–H and O–H groups in total. The number of esters is 1. The van der Waals surface area contributed by atoms with Crippen molar-refractivity contribution < 1.29 is 28.6 Å². The molecule has 2 atom stereocenters. The number of benzene rings is 2. The van der Waals surface area contributed by atoms with Gasteiger partial charge in [0.25, 0.3) is 5.91 Å². The Morgan fingerprint density at radius 3 is 2.68 bits per heavy atom. The molecule has 1 aliphatic rings. The van der Waals surface area contributed by atoms with Gasteiger partial charge in [-0.05, 0) is 29.8 Å². The van der Waals surface area contributed by atoms with E-state index < -0.39 is 42.4 Å². The van der Waals surface area contributed by atoms with Crippen molar-refractivity contribution in [1.29, 1.82) is 0 Å². The summed E-state index contributed by atoms with van der Waals surface area (Å²) in [6.07, 6.45) is -1.23. The molecule has 164 valence electrons. The van der Waals surface area contributed by atoms with E-state index in [9.17, 15) is 23.9 Å². The lowest BCUT2D eigenvalue weighted by atomic mass is 10.1. The van der Waals surface area contributed by atoms with Crippen molar-refractivity contribution >= 4 is 46.7 Å². The maximum absolute atomic E-state index is 13.8. The smallest absolute Gasteiger partial charge is 0.329 e. The minimum absolute atomic E-state index is 0.0381. The lowest BCUT2D eigenvalue weighted by Gasteiger charge is -2.23. The number of nitrogens with one attached hydrogen (secondary N) is 1. The average Bonchev–Trinajstić information content (AvgIpc) is 3.12. The van der Waals surface area contributed by atoms with Crippen molar-refractivity contribution in [3.05, 3.63) is 63.9 Å². The van der Waals surface area contributed by atoms with E-state index in [0.29, 0.717) is 5.02 Å². The largest absolute Gasteiger partial charge is 0.454 e. The zero-order valence-electron chi connectivity index (χ0n) is 16.2. The highest BCUT2D eigenvalue weighted by Gasteiger charge is 2.40. The molecular weight excluding hydrogens is 450 g/mol. The molecule has 2 aromatic rings. The number of hydrogen-bond donors (Lipinski definition) is 2. The number of amides is 2. The molecule has 1 heterocycles. The fraction of sp³-hybridized carbons (Fsp3) is 0.286. The van der Waals surface area contributed by atoms with Crippen molar-refractivity contribution in [2.24, 2.45) is 0 Å². The van der Waals surface area contributed by atoms with Crippen molar-refractivity contribution in [3.63, 3.8) is 0 Å². The van der Waals surface area contributed by atoms with Gasteiger partial charge >= 0.3 is 5.97 Å². The molecule has 2 unspecified atom stereocenters. The number of carbonyl (C=O) groups excluding carboxylic acids is 3. The van der Waals surface area contributed by atoms with Crippen LogP contribution < -0.4 is 5.32 Å². The van der Waals surface area contributed by atoms with Crippen LogP contribution in [-0.2, 0) is 25.5 Å². The van der Waals surface area contributed by atoms with Gasteiger partial charge in [0.05, 0.1) is 23.2 Å². The topological polar surface area (TPSA) is 95.9 Å². The first kappa shape index (κ1) is 23.0. The van der Waals surface area contributed by atoms with Gasteiger partial charge in [-0.25, -0.2) is 9.18 Å². The predicted molar refractivity (Wildman–Crippen MR) is 112 cm³/mol. The van der Waals surface area contributed by atoms with E-state index in [1.165, 1.54) is 30.3 Å². The number of β-amino-alcohol motifs (C(OH)–C–C–N with tert-alkyl or cyclic N) is 1. The van der Waals surface area contributed by atoms with Gasteiger partial charge in [-0.2, -0.15) is 0 Å². The first-order valence-corrected chi connectivity index (χ1v) is 10.1. The second kappa shape index (κ2) is 10.1. The Labute approximate surface area is 187 Å². The van der Waals surface area contributed by atoms with Crippen LogP contribution in [0.25, 0.3) is 0 Å². The highest BCUT2D eigenvalue weighted by molar-refractivity contribution is 6.35. The fourth-order valence-electron chi connectivity index (χ4n) is 3.23. The molecule has 0 radical (unpaired) electrons. The van der Waals surface area contributed by atoms with Gasteiger partial charge in [0.1, 0.15) is 11.9 Å². The number of likely N-dealkylation sites (tertiary alicyclic amines) is 1. The standard InChI is InChI=1S/C21H19Cl2FN2O5/c22-13-5-6-15(23)17(8-13)25-19(28)11-31-21(30)18-9-14(27)10-26(18)20(29)7-12-3-1-2-4-16(12)24/h1-6,8,14,18,27H,7,9-11H2,(H,25,28). The summed E-state index contributed by atoms with van der Waals surface area (Å²) in [6.45, 7) is -0.707. The fourth-order valence-corrected chi connectivity index (χ4v) is 3.57. The van der Waals surface area contributed by atoms with Gasteiger partial charge in [-0.15, -0.1) is 0 Å². The van der Waals surface area contributed by atoms with Crippen LogP contribution in [0.5, 0.6) is 0 Å². The van der Waals surface area contributed by atoms with Gasteiger partial charge in [0, 0.05) is 18.0 Å². The Hall–Kier alpha value is -2.68. The first-order chi connectivity index (χ1) is 14.7. The van der Waals surface area contributed by atoms with Crippen LogP contribution in [0, 0.1) is 5.82 Å². The summed E-state index contributed by atoms with van der Waals surface area (Å²) in [5.74, 6) is -2.56. The van der Waals surface area contributed by atoms with Gasteiger partial charge in [-0.1, -0.05) is 41.4 Å². The number of hydrogen-bond acceptors (Lipinski definition) is 5. The molecule has 0 spiro atoms. The number of aliphatic hydroxyl groups excluding tert-OH is 1. The minimum atomic E-state index is -1.07. The molecule has 2 amide bonds. The third-order valence-electron chi connectivity index (χ3n) is 4.72. The van der Waals surface area contributed by atoms with Crippen LogP contribution in [0.1, 0.15) is 12.0 Å². The molecule has 1 saturated heterocycles. The number of ether oxygens (including phenoxy) is 1. The zero-order chi connectivity index (χ0) is 22.5. The van der Waals surface area contributed by atoms with E-state index in [0.717, 1.165) is 4.90 Å². The Morgan fingerprint density at radius 1 is 1.19 bits per heavy atom. The number of halogens is 3. The molecule has 1 aliphatic heterocycles. The Bertz CT molecular complexity index is 1000. The van der Waals surface area contributed by atoms with E-state index in [-0.39, 0.29) is 35.7 Å². The molecule has 1 fully saturated rings. The maximum atomic E-state index is 13.8. The van der Waals surface area contributed by atoms with Crippen molar-refractivity contribution in [3.8, 4) is 0 Å². The number of anilines is 1. The van der Waals surface area contributed by atoms with Crippen molar-refractivity contribution in [2.75, 3.05) is 18.5 Å². The van der Waals surface area contributed by atoms with Crippen LogP contribution >= 0.6 is 23.2 Å². The summed E-state index contributed by atoms with van der Waals surface area (Å²) in [4.78, 5) is 38.3. The van der Waals surface area contributed by atoms with Gasteiger partial charge < -0.3 is 20.1 Å². The van der Waals surface area contributed by atoms with Crippen LogP contribution in [0.15, 0.2) is 42.5 Å². The van der Waals surface area contributed by atoms with Crippen LogP contribution in [0.4, 0.5) is 10.1 Å². The zero-order valence-corrected chi connectivity index (χ0v) is 17.7. The van der Waals surface area contributed by atoms with Gasteiger partial charge in [0.2, 0.25) is 5.91 Å². The molecule has 0 aliphatic carbocycles. The summed E-state index contributed by atoms with van der Waals surface area (Å²) >= 11 is 11.8. The second-order valence-electron chi connectivity index (χ2n) is 7.00. The Morgan fingerprint density at radius 2 is 1.94 bits per heavy atom. The normalized spacial score (nSPS) is 18.0. The molecule has 7 nitrogen and oxygen atoms in total. The quantitative estimate of drug-likeness (QED) is 0.635. The molecule has 31 heavy (non-hydrogen) atoms. The summed E-state index contributed by atoms with van der Waals surface area (Å²) in [6, 6.07) is 9.24. The predicted octanol–water partition coefficient (Wildman–Crippen LogP) is 2.82. The molecule has 3 rings (SSSR count). The van der Waals surface area contributed by atoms with Crippen LogP contribution in [0.3, 0.4) is 0 Å². The molecule has 0 saturated carbocycles. The van der Waals surface area contributed by atoms with Crippen LogP contribution in [-0.4, -0.2) is 53.1 Å². The molecule has 0 bridgehead atoms. The number of nitrogens with zero attached hydrogens (tertiary/aromatic N) is 1. The Kier molecular flexibility index (Phi) is 7.48. The molecule has 2 aromatic carbocycles. The minimum Gasteiger partial charge on any atom is -0.454 e. The highest BCUT2D eigenvalue weighted by Crippen LogP contribution is 2.25. The lowest BCUT2D eigenvalue weighted by Crippen LogP contribution is -2.43. The van der Waals surface area contributed by atoms with E-state index in [4.69, 9.17) is 27.9 Å². The summed E-state index contributed by atoms with van der Waals surface area (Å²) in [5.41, 5.74) is 0.437. The third-order valence-corrected chi connectivity index (χ3v) is 5.28. The molecule has 10 heteroatoms. The monoisotopic (exact) mass is 468 g/mol. The van der Waals surface area contributed by atoms with E-state index in [2.05, 4.69) is 5.32 Å². The SMILES string of the molecule is O=C(COC(=O)C1CC(O)CN1C(=O)Cc1ccccc1F)Nc1cc(Cl)ccc1Cl. The van der Waals surface area contributed by atoms with Gasteiger partial charge in [0.15, 0.2) is 6.61 Å².